The molecule has 132 valence electrons. The van der Waals surface area contributed by atoms with Gasteiger partial charge in [-0.05, 0) is 24.6 Å². The molecule has 0 aliphatic carbocycles. The molecule has 25 heavy (non-hydrogen) atoms. The summed E-state index contributed by atoms with van der Waals surface area (Å²) in [5.41, 5.74) is 1.09. The Morgan fingerprint density at radius 1 is 1.36 bits per heavy atom. The van der Waals surface area contributed by atoms with Crippen molar-refractivity contribution in [3.63, 3.8) is 0 Å². The quantitative estimate of drug-likeness (QED) is 0.825. The maximum Gasteiger partial charge on any atom is 0.324 e. The molecule has 1 aromatic heterocycles. The minimum atomic E-state index is -0.534. The lowest BCUT2D eigenvalue weighted by Crippen LogP contribution is -2.43. The van der Waals surface area contributed by atoms with Crippen molar-refractivity contribution < 1.29 is 14.3 Å². The van der Waals surface area contributed by atoms with Gasteiger partial charge in [0.1, 0.15) is 17.6 Å². The molecule has 0 unspecified atom stereocenters. The predicted octanol–water partition coefficient (Wildman–Crippen LogP) is 1.29. The Balaban J connectivity index is 1.59. The van der Waals surface area contributed by atoms with Crippen molar-refractivity contribution in [3.8, 4) is 5.75 Å². The number of carbonyl (C=O) groups excluding carboxylic acids is 2. The number of amides is 3. The van der Waals surface area contributed by atoms with E-state index in [-0.39, 0.29) is 11.9 Å². The van der Waals surface area contributed by atoms with E-state index < -0.39 is 6.04 Å². The third kappa shape index (κ3) is 3.90. The highest BCUT2D eigenvalue weighted by atomic mass is 16.5. The fraction of sp³-hybridized carbons (Fsp3) is 0.353. The van der Waals surface area contributed by atoms with Crippen LogP contribution in [0.4, 0.5) is 10.6 Å². The molecule has 8 nitrogen and oxygen atoms in total. The van der Waals surface area contributed by atoms with E-state index in [0.717, 1.165) is 11.3 Å². The van der Waals surface area contributed by atoms with E-state index in [9.17, 15) is 9.59 Å². The minimum Gasteiger partial charge on any atom is -0.497 e. The van der Waals surface area contributed by atoms with Crippen LogP contribution in [0.15, 0.2) is 36.5 Å². The Bertz CT molecular complexity index is 756. The van der Waals surface area contributed by atoms with Crippen molar-refractivity contribution in [1.82, 2.24) is 20.0 Å². The van der Waals surface area contributed by atoms with Crippen LogP contribution in [0.1, 0.15) is 12.5 Å². The number of rotatable bonds is 6. The van der Waals surface area contributed by atoms with E-state index in [1.807, 2.05) is 30.5 Å². The summed E-state index contributed by atoms with van der Waals surface area (Å²) in [4.78, 5) is 25.1. The zero-order valence-corrected chi connectivity index (χ0v) is 14.2. The largest absolute Gasteiger partial charge is 0.497 e. The molecule has 0 saturated carbocycles. The first-order chi connectivity index (χ1) is 12.1. The van der Waals surface area contributed by atoms with Crippen LogP contribution in [0.3, 0.4) is 0 Å². The molecule has 8 heteroatoms. The van der Waals surface area contributed by atoms with Gasteiger partial charge in [0.15, 0.2) is 0 Å². The van der Waals surface area contributed by atoms with Crippen LogP contribution in [0, 0.1) is 0 Å². The van der Waals surface area contributed by atoms with Gasteiger partial charge in [-0.2, -0.15) is 5.10 Å². The number of ether oxygens (including phenoxy) is 1. The van der Waals surface area contributed by atoms with Crippen molar-refractivity contribution in [2.24, 2.45) is 0 Å². The van der Waals surface area contributed by atoms with Gasteiger partial charge < -0.3 is 15.4 Å². The molecule has 1 aliphatic heterocycles. The zero-order valence-electron chi connectivity index (χ0n) is 14.2. The molecule has 2 N–H and O–H groups in total. The smallest absolute Gasteiger partial charge is 0.324 e. The first-order valence-electron chi connectivity index (χ1n) is 8.09. The molecule has 1 atom stereocenters. The predicted molar refractivity (Wildman–Crippen MR) is 92.5 cm³/mol. The summed E-state index contributed by atoms with van der Waals surface area (Å²) in [5.74, 6) is 1.14. The van der Waals surface area contributed by atoms with E-state index in [1.54, 1.807) is 24.8 Å². The van der Waals surface area contributed by atoms with Gasteiger partial charge in [-0.3, -0.25) is 14.4 Å². The van der Waals surface area contributed by atoms with Gasteiger partial charge in [0, 0.05) is 25.4 Å². The molecule has 1 aliphatic rings. The Kier molecular flexibility index (Phi) is 4.87. The van der Waals surface area contributed by atoms with Gasteiger partial charge in [-0.1, -0.05) is 12.1 Å². The van der Waals surface area contributed by atoms with Crippen LogP contribution in [0.25, 0.3) is 0 Å². The number of benzene rings is 1. The number of anilines is 1. The van der Waals surface area contributed by atoms with Crippen molar-refractivity contribution in [2.45, 2.75) is 19.5 Å². The van der Waals surface area contributed by atoms with E-state index in [4.69, 9.17) is 4.74 Å². The summed E-state index contributed by atoms with van der Waals surface area (Å²) in [5, 5.41) is 10.1. The summed E-state index contributed by atoms with van der Waals surface area (Å²) < 4.78 is 6.92. The second-order valence-electron chi connectivity index (χ2n) is 5.83. The second kappa shape index (κ2) is 7.25. The molecule has 0 spiro atoms. The average Bonchev–Trinajstić information content (AvgIpc) is 3.23. The number of aromatic nitrogens is 2. The van der Waals surface area contributed by atoms with Crippen LogP contribution in [0.5, 0.6) is 5.75 Å². The van der Waals surface area contributed by atoms with Crippen LogP contribution >= 0.6 is 0 Å². The lowest BCUT2D eigenvalue weighted by Gasteiger charge is -2.18. The number of urea groups is 1. The molecule has 2 heterocycles. The summed E-state index contributed by atoms with van der Waals surface area (Å²) in [6.45, 7) is 3.22. The summed E-state index contributed by atoms with van der Waals surface area (Å²) in [6, 6.07) is 8.69. The van der Waals surface area contributed by atoms with Crippen molar-refractivity contribution in [2.75, 3.05) is 25.5 Å². The average molecular weight is 343 g/mol. The molecule has 0 radical (unpaired) electrons. The number of imide groups is 1. The first-order valence-corrected chi connectivity index (χ1v) is 8.09. The highest BCUT2D eigenvalue weighted by molar-refractivity contribution is 5.99. The maximum atomic E-state index is 12.3. The Hall–Kier alpha value is -3.03. The third-order valence-electron chi connectivity index (χ3n) is 4.00. The molecule has 0 bridgehead atoms. The monoisotopic (exact) mass is 343 g/mol. The van der Waals surface area contributed by atoms with Gasteiger partial charge in [-0.15, -0.1) is 0 Å². The molecule has 3 amide bonds. The fourth-order valence-electron chi connectivity index (χ4n) is 2.64. The van der Waals surface area contributed by atoms with Gasteiger partial charge in [-0.25, -0.2) is 4.79 Å². The Labute approximate surface area is 145 Å². The number of hydrogen-bond acceptors (Lipinski definition) is 5. The van der Waals surface area contributed by atoms with E-state index in [0.29, 0.717) is 25.5 Å². The standard InChI is InChI=1S/C17H21N5O3/c1-12(16(23)22-10-8-18-17(22)24)19-15-7-9-21(20-15)11-13-3-5-14(25-2)6-4-13/h3-7,9,12H,8,10-11H2,1-2H3,(H,18,24)(H,19,20)/t12-/m1/s1. The molecular weight excluding hydrogens is 322 g/mol. The van der Waals surface area contributed by atoms with Crippen LogP contribution < -0.4 is 15.4 Å². The molecule has 1 fully saturated rings. The topological polar surface area (TPSA) is 88.5 Å². The van der Waals surface area contributed by atoms with Crippen LogP contribution in [-0.2, 0) is 11.3 Å². The molecular formula is C17H21N5O3. The van der Waals surface area contributed by atoms with E-state index >= 15 is 0 Å². The summed E-state index contributed by atoms with van der Waals surface area (Å²) in [7, 11) is 1.63. The molecule has 1 aromatic carbocycles. The van der Waals surface area contributed by atoms with Gasteiger partial charge in [0.2, 0.25) is 0 Å². The Morgan fingerprint density at radius 3 is 2.76 bits per heavy atom. The zero-order chi connectivity index (χ0) is 17.8. The third-order valence-corrected chi connectivity index (χ3v) is 4.00. The van der Waals surface area contributed by atoms with Crippen molar-refractivity contribution in [3.05, 3.63) is 42.1 Å². The number of nitrogens with zero attached hydrogens (tertiary/aromatic N) is 3. The fourth-order valence-corrected chi connectivity index (χ4v) is 2.64. The Morgan fingerprint density at radius 2 is 2.12 bits per heavy atom. The lowest BCUT2D eigenvalue weighted by molar-refractivity contribution is -0.128. The number of carbonyl (C=O) groups is 2. The number of nitrogens with one attached hydrogen (secondary N) is 2. The van der Waals surface area contributed by atoms with Crippen LogP contribution in [-0.4, -0.2) is 52.9 Å². The molecule has 1 saturated heterocycles. The normalized spacial score (nSPS) is 15.0. The van der Waals surface area contributed by atoms with Gasteiger partial charge in [0.05, 0.1) is 13.7 Å². The highest BCUT2D eigenvalue weighted by Crippen LogP contribution is 2.13. The number of hydrogen-bond donors (Lipinski definition) is 2. The summed E-state index contributed by atoms with van der Waals surface area (Å²) >= 11 is 0. The maximum absolute atomic E-state index is 12.3. The van der Waals surface area contributed by atoms with Crippen LogP contribution in [0.2, 0.25) is 0 Å². The van der Waals surface area contributed by atoms with Crippen molar-refractivity contribution in [1.29, 1.82) is 0 Å². The minimum absolute atomic E-state index is 0.264. The van der Waals surface area contributed by atoms with E-state index in [2.05, 4.69) is 15.7 Å². The summed E-state index contributed by atoms with van der Waals surface area (Å²) in [6.07, 6.45) is 1.84. The molecule has 2 aromatic rings. The highest BCUT2D eigenvalue weighted by Gasteiger charge is 2.29. The second-order valence-corrected chi connectivity index (χ2v) is 5.83. The van der Waals surface area contributed by atoms with Gasteiger partial charge in [0.25, 0.3) is 5.91 Å². The molecule has 3 rings (SSSR count). The van der Waals surface area contributed by atoms with Crippen molar-refractivity contribution >= 4 is 17.8 Å². The van der Waals surface area contributed by atoms with Gasteiger partial charge >= 0.3 is 6.03 Å². The first kappa shape index (κ1) is 16.8. The lowest BCUT2D eigenvalue weighted by atomic mass is 10.2. The number of methoxy groups -OCH3 is 1. The van der Waals surface area contributed by atoms with E-state index in [1.165, 1.54) is 4.90 Å². The SMILES string of the molecule is COc1ccc(Cn2ccc(N[C@H](C)C(=O)N3CCNC3=O)n2)cc1.